The summed E-state index contributed by atoms with van der Waals surface area (Å²) in [5, 5.41) is 6.83. The van der Waals surface area contributed by atoms with Gasteiger partial charge in [0.25, 0.3) is 0 Å². The SMILES string of the molecule is Cc1nc(-c2cccc(C(=O)OCC(=O)c3cc(C)sc3C)c2)n[nH]1. The van der Waals surface area contributed by atoms with Crippen LogP contribution in [0.25, 0.3) is 11.4 Å². The summed E-state index contributed by atoms with van der Waals surface area (Å²) >= 11 is 1.55. The maximum absolute atomic E-state index is 12.2. The molecule has 3 aromatic rings. The number of ether oxygens (including phenoxy) is 1. The molecule has 0 radical (unpaired) electrons. The minimum absolute atomic E-state index is 0.198. The van der Waals surface area contributed by atoms with Gasteiger partial charge in [-0.05, 0) is 39.0 Å². The van der Waals surface area contributed by atoms with Gasteiger partial charge < -0.3 is 4.74 Å². The molecule has 0 aliphatic rings. The fourth-order valence-corrected chi connectivity index (χ4v) is 3.40. The van der Waals surface area contributed by atoms with E-state index in [0.29, 0.717) is 28.3 Å². The van der Waals surface area contributed by atoms with E-state index >= 15 is 0 Å². The summed E-state index contributed by atoms with van der Waals surface area (Å²) in [6.07, 6.45) is 0. The van der Waals surface area contributed by atoms with Crippen molar-refractivity contribution >= 4 is 23.1 Å². The van der Waals surface area contributed by atoms with E-state index in [1.54, 1.807) is 36.5 Å². The standard InChI is InChI=1S/C18H17N3O3S/c1-10-7-15(11(2)25-10)16(22)9-24-18(23)14-6-4-5-13(8-14)17-19-12(3)20-21-17/h4-8H,9H2,1-3H3,(H,19,20,21). The zero-order valence-electron chi connectivity index (χ0n) is 14.1. The van der Waals surface area contributed by atoms with E-state index in [1.807, 2.05) is 26.0 Å². The molecular formula is C18H17N3O3S. The third-order valence-corrected chi connectivity index (χ3v) is 4.60. The summed E-state index contributed by atoms with van der Waals surface area (Å²) in [5.41, 5.74) is 1.67. The Morgan fingerprint density at radius 3 is 2.64 bits per heavy atom. The lowest BCUT2D eigenvalue weighted by Gasteiger charge is -2.05. The van der Waals surface area contributed by atoms with E-state index in [-0.39, 0.29) is 12.4 Å². The molecule has 0 bridgehead atoms. The molecule has 0 spiro atoms. The Balaban J connectivity index is 1.69. The van der Waals surface area contributed by atoms with Crippen LogP contribution in [-0.2, 0) is 4.74 Å². The van der Waals surface area contributed by atoms with Crippen molar-refractivity contribution in [3.63, 3.8) is 0 Å². The van der Waals surface area contributed by atoms with Crippen molar-refractivity contribution in [2.45, 2.75) is 20.8 Å². The Labute approximate surface area is 148 Å². The van der Waals surface area contributed by atoms with Gasteiger partial charge in [0.1, 0.15) is 5.82 Å². The molecule has 0 aliphatic heterocycles. The minimum atomic E-state index is -0.549. The summed E-state index contributed by atoms with van der Waals surface area (Å²) in [7, 11) is 0. The van der Waals surface area contributed by atoms with Crippen LogP contribution in [0, 0.1) is 20.8 Å². The zero-order valence-corrected chi connectivity index (χ0v) is 14.9. The molecule has 2 heterocycles. The van der Waals surface area contributed by atoms with E-state index in [0.717, 1.165) is 9.75 Å². The van der Waals surface area contributed by atoms with Crippen molar-refractivity contribution in [2.24, 2.45) is 0 Å². The van der Waals surface area contributed by atoms with Gasteiger partial charge in [-0.1, -0.05) is 12.1 Å². The Morgan fingerprint density at radius 2 is 2.00 bits per heavy atom. The van der Waals surface area contributed by atoms with Crippen LogP contribution < -0.4 is 0 Å². The number of nitrogens with one attached hydrogen (secondary N) is 1. The van der Waals surface area contributed by atoms with Crippen LogP contribution >= 0.6 is 11.3 Å². The van der Waals surface area contributed by atoms with Gasteiger partial charge in [-0.25, -0.2) is 9.78 Å². The number of benzene rings is 1. The van der Waals surface area contributed by atoms with E-state index in [9.17, 15) is 9.59 Å². The number of carbonyl (C=O) groups is 2. The summed E-state index contributed by atoms with van der Waals surface area (Å²) < 4.78 is 5.17. The highest BCUT2D eigenvalue weighted by Gasteiger charge is 2.16. The van der Waals surface area contributed by atoms with Crippen molar-refractivity contribution in [3.05, 3.63) is 57.0 Å². The molecule has 25 heavy (non-hydrogen) atoms. The highest BCUT2D eigenvalue weighted by atomic mass is 32.1. The van der Waals surface area contributed by atoms with E-state index in [4.69, 9.17) is 4.74 Å². The van der Waals surface area contributed by atoms with Gasteiger partial charge in [0.15, 0.2) is 12.4 Å². The number of hydrogen-bond donors (Lipinski definition) is 1. The Hall–Kier alpha value is -2.80. The average molecular weight is 355 g/mol. The summed E-state index contributed by atoms with van der Waals surface area (Å²) in [6.45, 7) is 5.35. The third kappa shape index (κ3) is 3.83. The summed E-state index contributed by atoms with van der Waals surface area (Å²) in [6, 6.07) is 8.64. The van der Waals surface area contributed by atoms with Crippen molar-refractivity contribution in [1.29, 1.82) is 0 Å². The smallest absolute Gasteiger partial charge is 0.338 e. The largest absolute Gasteiger partial charge is 0.454 e. The maximum atomic E-state index is 12.2. The van der Waals surface area contributed by atoms with Gasteiger partial charge >= 0.3 is 5.97 Å². The molecule has 128 valence electrons. The monoisotopic (exact) mass is 355 g/mol. The fraction of sp³-hybridized carbons (Fsp3) is 0.222. The highest BCUT2D eigenvalue weighted by Crippen LogP contribution is 2.21. The lowest BCUT2D eigenvalue weighted by Crippen LogP contribution is -2.14. The molecular weight excluding hydrogens is 338 g/mol. The van der Waals surface area contributed by atoms with Gasteiger partial charge in [-0.2, -0.15) is 5.10 Å². The first-order chi connectivity index (χ1) is 11.9. The number of thiophene rings is 1. The number of hydrogen-bond acceptors (Lipinski definition) is 6. The quantitative estimate of drug-likeness (QED) is 0.559. The van der Waals surface area contributed by atoms with Crippen LogP contribution in [0.4, 0.5) is 0 Å². The van der Waals surface area contributed by atoms with Crippen LogP contribution in [-0.4, -0.2) is 33.5 Å². The van der Waals surface area contributed by atoms with Crippen LogP contribution in [0.1, 0.15) is 36.3 Å². The van der Waals surface area contributed by atoms with Gasteiger partial charge in [-0.15, -0.1) is 11.3 Å². The maximum Gasteiger partial charge on any atom is 0.338 e. The average Bonchev–Trinajstić information content (AvgIpc) is 3.17. The van der Waals surface area contributed by atoms with Crippen molar-refractivity contribution < 1.29 is 14.3 Å². The first-order valence-electron chi connectivity index (χ1n) is 7.71. The normalized spacial score (nSPS) is 10.7. The van der Waals surface area contributed by atoms with Gasteiger partial charge in [0.05, 0.1) is 5.56 Å². The molecule has 0 fully saturated rings. The number of carbonyl (C=O) groups excluding carboxylic acids is 2. The second-order valence-electron chi connectivity index (χ2n) is 5.65. The second kappa shape index (κ2) is 6.98. The first-order valence-corrected chi connectivity index (χ1v) is 8.52. The topological polar surface area (TPSA) is 84.9 Å². The van der Waals surface area contributed by atoms with E-state index in [2.05, 4.69) is 15.2 Å². The predicted molar refractivity (Wildman–Crippen MR) is 95.0 cm³/mol. The molecule has 6 nitrogen and oxygen atoms in total. The van der Waals surface area contributed by atoms with Gasteiger partial charge in [-0.3, -0.25) is 9.89 Å². The number of aryl methyl sites for hydroxylation is 3. The number of nitrogens with zero attached hydrogens (tertiary/aromatic N) is 2. The number of esters is 1. The van der Waals surface area contributed by atoms with Crippen molar-refractivity contribution in [2.75, 3.05) is 6.61 Å². The molecule has 0 aliphatic carbocycles. The molecule has 3 rings (SSSR count). The number of H-pyrrole nitrogens is 1. The number of aromatic amines is 1. The van der Waals surface area contributed by atoms with Crippen LogP contribution in [0.2, 0.25) is 0 Å². The molecule has 0 saturated carbocycles. The van der Waals surface area contributed by atoms with Crippen LogP contribution in [0.5, 0.6) is 0 Å². The molecule has 2 aromatic heterocycles. The van der Waals surface area contributed by atoms with Gasteiger partial charge in [0.2, 0.25) is 5.78 Å². The number of Topliss-reactive ketones (excluding diaryl/α,β-unsaturated/α-hetero) is 1. The number of aromatic nitrogens is 3. The lowest BCUT2D eigenvalue weighted by molar-refractivity contribution is 0.0474. The fourth-order valence-electron chi connectivity index (χ4n) is 2.46. The minimum Gasteiger partial charge on any atom is -0.454 e. The molecule has 0 amide bonds. The number of ketones is 1. The first kappa shape index (κ1) is 17.0. The van der Waals surface area contributed by atoms with Crippen molar-refractivity contribution in [3.8, 4) is 11.4 Å². The number of rotatable bonds is 5. The second-order valence-corrected chi connectivity index (χ2v) is 7.11. The predicted octanol–water partition coefficient (Wildman–Crippen LogP) is 3.50. The van der Waals surface area contributed by atoms with E-state index in [1.165, 1.54) is 0 Å². The van der Waals surface area contributed by atoms with Crippen molar-refractivity contribution in [1.82, 2.24) is 15.2 Å². The molecule has 1 aromatic carbocycles. The molecule has 7 heteroatoms. The zero-order chi connectivity index (χ0) is 18.0. The lowest BCUT2D eigenvalue weighted by atomic mass is 10.1. The summed E-state index contributed by atoms with van der Waals surface area (Å²) in [4.78, 5) is 30.7. The molecule has 1 N–H and O–H groups in total. The molecule has 0 atom stereocenters. The van der Waals surface area contributed by atoms with E-state index < -0.39 is 5.97 Å². The molecule has 0 saturated heterocycles. The Morgan fingerprint density at radius 1 is 1.20 bits per heavy atom. The van der Waals surface area contributed by atoms with Crippen LogP contribution in [0.15, 0.2) is 30.3 Å². The van der Waals surface area contributed by atoms with Gasteiger partial charge in [0, 0.05) is 20.9 Å². The van der Waals surface area contributed by atoms with Crippen LogP contribution in [0.3, 0.4) is 0 Å². The Bertz CT molecular complexity index is 943. The highest BCUT2D eigenvalue weighted by molar-refractivity contribution is 7.12. The Kier molecular flexibility index (Phi) is 4.76. The molecule has 0 unspecified atom stereocenters. The third-order valence-electron chi connectivity index (χ3n) is 3.63. The summed E-state index contributed by atoms with van der Waals surface area (Å²) in [5.74, 6) is 0.450.